The maximum absolute atomic E-state index is 9.02. The van der Waals surface area contributed by atoms with Crippen LogP contribution >= 0.6 is 0 Å². The van der Waals surface area contributed by atoms with Crippen LogP contribution in [0.2, 0.25) is 0 Å². The summed E-state index contributed by atoms with van der Waals surface area (Å²) in [6.45, 7) is 7.51. The Morgan fingerprint density at radius 2 is 2.09 bits per heavy atom. The third-order valence-corrected chi connectivity index (χ3v) is 5.21. The molecule has 2 aliphatic heterocycles. The molecule has 4 nitrogen and oxygen atoms in total. The van der Waals surface area contributed by atoms with Crippen LogP contribution in [0.1, 0.15) is 31.4 Å². The van der Waals surface area contributed by atoms with E-state index in [1.807, 2.05) is 0 Å². The first-order valence-electron chi connectivity index (χ1n) is 8.38. The summed E-state index contributed by atoms with van der Waals surface area (Å²) in [6, 6.07) is 13.5. The van der Waals surface area contributed by atoms with E-state index in [9.17, 15) is 0 Å². The van der Waals surface area contributed by atoms with Crippen LogP contribution in [-0.2, 0) is 0 Å². The molecular weight excluding hydrogens is 272 g/mol. The quantitative estimate of drug-likeness (QED) is 0.807. The van der Waals surface area contributed by atoms with Gasteiger partial charge in [0.2, 0.25) is 0 Å². The highest BCUT2D eigenvalue weighted by atomic mass is 15.3. The first-order valence-corrected chi connectivity index (χ1v) is 8.38. The van der Waals surface area contributed by atoms with E-state index in [1.165, 1.54) is 5.56 Å². The molecule has 118 valence electrons. The Balaban J connectivity index is 1.45. The van der Waals surface area contributed by atoms with Crippen LogP contribution in [0.4, 0.5) is 0 Å². The number of nitrogens with one attached hydrogen (secondary N) is 2. The fourth-order valence-electron chi connectivity index (χ4n) is 3.60. The predicted octanol–water partition coefficient (Wildman–Crippen LogP) is 1.91. The van der Waals surface area contributed by atoms with Crippen LogP contribution in [0.3, 0.4) is 0 Å². The highest BCUT2D eigenvalue weighted by Gasteiger charge is 2.47. The van der Waals surface area contributed by atoms with E-state index in [0.717, 1.165) is 39.1 Å². The molecule has 2 fully saturated rings. The van der Waals surface area contributed by atoms with Gasteiger partial charge in [-0.05, 0) is 17.9 Å². The van der Waals surface area contributed by atoms with Crippen molar-refractivity contribution >= 4 is 0 Å². The smallest absolute Gasteiger partial charge is 0.0642 e. The van der Waals surface area contributed by atoms with Crippen LogP contribution in [0.15, 0.2) is 30.3 Å². The predicted molar refractivity (Wildman–Crippen MR) is 88.4 cm³/mol. The molecular formula is C18H26N4. The minimum absolute atomic E-state index is 0.134. The Morgan fingerprint density at radius 1 is 1.36 bits per heavy atom. The molecule has 0 radical (unpaired) electrons. The monoisotopic (exact) mass is 298 g/mol. The molecule has 0 saturated carbocycles. The van der Waals surface area contributed by atoms with Crippen LogP contribution in [0.25, 0.3) is 0 Å². The van der Waals surface area contributed by atoms with Crippen LogP contribution in [-0.4, -0.2) is 43.2 Å². The van der Waals surface area contributed by atoms with E-state index in [2.05, 4.69) is 58.9 Å². The minimum atomic E-state index is 0.134. The van der Waals surface area contributed by atoms with Crippen molar-refractivity contribution in [2.75, 3.05) is 32.7 Å². The Hall–Kier alpha value is -1.41. The topological polar surface area (TPSA) is 51.1 Å². The van der Waals surface area contributed by atoms with Crippen molar-refractivity contribution in [1.82, 2.24) is 15.5 Å². The molecule has 22 heavy (non-hydrogen) atoms. The fourth-order valence-corrected chi connectivity index (χ4v) is 3.60. The summed E-state index contributed by atoms with van der Waals surface area (Å²) >= 11 is 0. The van der Waals surface area contributed by atoms with Crippen molar-refractivity contribution in [1.29, 1.82) is 5.26 Å². The second-order valence-corrected chi connectivity index (χ2v) is 6.71. The van der Waals surface area contributed by atoms with Gasteiger partial charge < -0.3 is 10.6 Å². The largest absolute Gasteiger partial charge is 0.313 e. The first-order chi connectivity index (χ1) is 10.8. The van der Waals surface area contributed by atoms with Crippen molar-refractivity contribution in [2.45, 2.75) is 31.3 Å². The SMILES string of the molecule is CCC(NCC1CN(C2(CC#N)CNC2)C1)c1ccccc1. The van der Waals surface area contributed by atoms with Gasteiger partial charge in [0.05, 0.1) is 18.0 Å². The number of hydrogen-bond acceptors (Lipinski definition) is 4. The number of nitrogens with zero attached hydrogens (tertiary/aromatic N) is 2. The minimum Gasteiger partial charge on any atom is -0.313 e. The van der Waals surface area contributed by atoms with Gasteiger partial charge in [-0.2, -0.15) is 5.26 Å². The summed E-state index contributed by atoms with van der Waals surface area (Å²) < 4.78 is 0. The summed E-state index contributed by atoms with van der Waals surface area (Å²) in [5, 5.41) is 16.1. The van der Waals surface area contributed by atoms with Gasteiger partial charge >= 0.3 is 0 Å². The van der Waals surface area contributed by atoms with Crippen molar-refractivity contribution in [2.24, 2.45) is 5.92 Å². The van der Waals surface area contributed by atoms with Crippen molar-refractivity contribution < 1.29 is 0 Å². The van der Waals surface area contributed by atoms with Crippen LogP contribution in [0, 0.1) is 17.2 Å². The van der Waals surface area contributed by atoms with E-state index in [0.29, 0.717) is 18.4 Å². The lowest BCUT2D eigenvalue weighted by molar-refractivity contribution is -0.0437. The molecule has 1 unspecified atom stereocenters. The lowest BCUT2D eigenvalue weighted by Crippen LogP contribution is -2.74. The molecule has 1 aromatic rings. The lowest BCUT2D eigenvalue weighted by atomic mass is 9.81. The van der Waals surface area contributed by atoms with Crippen LogP contribution in [0.5, 0.6) is 0 Å². The number of nitriles is 1. The molecule has 0 aliphatic carbocycles. The highest BCUT2D eigenvalue weighted by Crippen LogP contribution is 2.32. The average Bonchev–Trinajstić information content (AvgIpc) is 2.47. The number of benzene rings is 1. The van der Waals surface area contributed by atoms with Gasteiger partial charge in [0.1, 0.15) is 0 Å². The summed E-state index contributed by atoms with van der Waals surface area (Å²) in [5.41, 5.74) is 1.51. The van der Waals surface area contributed by atoms with Crippen molar-refractivity contribution in [3.63, 3.8) is 0 Å². The number of likely N-dealkylation sites (tertiary alicyclic amines) is 1. The van der Waals surface area contributed by atoms with E-state index in [-0.39, 0.29) is 5.54 Å². The van der Waals surface area contributed by atoms with Crippen LogP contribution < -0.4 is 10.6 Å². The molecule has 1 aromatic carbocycles. The lowest BCUT2D eigenvalue weighted by Gasteiger charge is -2.56. The van der Waals surface area contributed by atoms with Gasteiger partial charge in [0.25, 0.3) is 0 Å². The zero-order valence-corrected chi connectivity index (χ0v) is 13.4. The molecule has 1 atom stereocenters. The van der Waals surface area contributed by atoms with E-state index in [4.69, 9.17) is 5.26 Å². The van der Waals surface area contributed by atoms with Gasteiger partial charge in [-0.15, -0.1) is 0 Å². The van der Waals surface area contributed by atoms with Gasteiger partial charge in [-0.25, -0.2) is 0 Å². The van der Waals surface area contributed by atoms with Gasteiger partial charge in [0.15, 0.2) is 0 Å². The molecule has 2 N–H and O–H groups in total. The summed E-state index contributed by atoms with van der Waals surface area (Å²) in [7, 11) is 0. The molecule has 4 heteroatoms. The van der Waals surface area contributed by atoms with Crippen molar-refractivity contribution in [3.8, 4) is 6.07 Å². The summed E-state index contributed by atoms with van der Waals surface area (Å²) in [6.07, 6.45) is 1.77. The third kappa shape index (κ3) is 3.03. The third-order valence-electron chi connectivity index (χ3n) is 5.21. The molecule has 0 bridgehead atoms. The fraction of sp³-hybridized carbons (Fsp3) is 0.611. The Bertz CT molecular complexity index is 512. The van der Waals surface area contributed by atoms with E-state index >= 15 is 0 Å². The van der Waals surface area contributed by atoms with E-state index < -0.39 is 0 Å². The van der Waals surface area contributed by atoms with Gasteiger partial charge in [-0.1, -0.05) is 37.3 Å². The Kier molecular flexibility index (Phi) is 4.77. The van der Waals surface area contributed by atoms with Gasteiger partial charge in [-0.3, -0.25) is 4.90 Å². The Morgan fingerprint density at radius 3 is 2.64 bits per heavy atom. The number of rotatable bonds is 7. The zero-order chi connectivity index (χ0) is 15.4. The summed E-state index contributed by atoms with van der Waals surface area (Å²) in [5.74, 6) is 0.717. The maximum atomic E-state index is 9.02. The standard InChI is InChI=1S/C18H26N4/c1-2-17(16-6-4-3-5-7-16)21-10-15-11-22(12-15)18(8-9-19)13-20-14-18/h3-7,15,17,20-21H,2,8,10-14H2,1H3. The number of hydrogen-bond donors (Lipinski definition) is 2. The zero-order valence-electron chi connectivity index (χ0n) is 13.4. The molecule has 2 aliphatic rings. The van der Waals surface area contributed by atoms with Gasteiger partial charge in [0, 0.05) is 38.8 Å². The van der Waals surface area contributed by atoms with E-state index in [1.54, 1.807) is 0 Å². The highest BCUT2D eigenvalue weighted by molar-refractivity contribution is 5.18. The molecule has 0 aromatic heterocycles. The molecule has 2 saturated heterocycles. The average molecular weight is 298 g/mol. The second kappa shape index (κ2) is 6.78. The second-order valence-electron chi connectivity index (χ2n) is 6.71. The normalized spacial score (nSPS) is 22.4. The maximum Gasteiger partial charge on any atom is 0.0642 e. The molecule has 0 spiro atoms. The summed E-state index contributed by atoms with van der Waals surface area (Å²) in [4.78, 5) is 2.50. The molecule has 0 amide bonds. The Labute approximate surface area is 133 Å². The first kappa shape index (κ1) is 15.5. The molecule has 2 heterocycles. The van der Waals surface area contributed by atoms with Crippen molar-refractivity contribution in [3.05, 3.63) is 35.9 Å². The molecule has 3 rings (SSSR count).